The molecule has 1 aromatic rings. The van der Waals surface area contributed by atoms with Crippen LogP contribution in [-0.4, -0.2) is 13.1 Å². The maximum Gasteiger partial charge on any atom is 0.263 e. The van der Waals surface area contributed by atoms with E-state index in [1.54, 1.807) is 6.07 Å². The van der Waals surface area contributed by atoms with Gasteiger partial charge in [-0.15, -0.1) is 0 Å². The molecular weight excluding hydrogens is 210 g/mol. The van der Waals surface area contributed by atoms with Gasteiger partial charge in [0.25, 0.3) is 6.43 Å². The van der Waals surface area contributed by atoms with Gasteiger partial charge in [-0.3, -0.25) is 0 Å². The molecule has 2 rings (SSSR count). The molecule has 2 nitrogen and oxygen atoms in total. The summed E-state index contributed by atoms with van der Waals surface area (Å²) < 4.78 is 24.9. The summed E-state index contributed by atoms with van der Waals surface area (Å²) in [6.45, 7) is 1.94. The van der Waals surface area contributed by atoms with Crippen molar-refractivity contribution in [2.24, 2.45) is 0 Å². The van der Waals surface area contributed by atoms with Crippen LogP contribution in [0.5, 0.6) is 0 Å². The molecule has 0 bridgehead atoms. The van der Waals surface area contributed by atoms with Crippen LogP contribution in [0.2, 0.25) is 0 Å². The Bertz CT molecular complexity index is 360. The molecular formula is C12H16F2N2. The summed E-state index contributed by atoms with van der Waals surface area (Å²) in [5.41, 5.74) is 7.16. The Morgan fingerprint density at radius 1 is 1.12 bits per heavy atom. The second kappa shape index (κ2) is 4.68. The summed E-state index contributed by atoms with van der Waals surface area (Å²) in [7, 11) is 0. The highest BCUT2D eigenvalue weighted by atomic mass is 19.3. The van der Waals surface area contributed by atoms with Crippen molar-refractivity contribution in [3.8, 4) is 0 Å². The van der Waals surface area contributed by atoms with Gasteiger partial charge in [-0.2, -0.15) is 0 Å². The van der Waals surface area contributed by atoms with E-state index >= 15 is 0 Å². The fourth-order valence-electron chi connectivity index (χ4n) is 2.13. The number of nitrogens with two attached hydrogens (primary N) is 1. The van der Waals surface area contributed by atoms with Crippen LogP contribution < -0.4 is 10.6 Å². The van der Waals surface area contributed by atoms with Gasteiger partial charge >= 0.3 is 0 Å². The zero-order valence-electron chi connectivity index (χ0n) is 9.13. The molecule has 4 heteroatoms. The molecule has 0 spiro atoms. The molecule has 0 aliphatic carbocycles. The molecule has 1 heterocycles. The first-order valence-electron chi connectivity index (χ1n) is 5.61. The molecule has 1 aromatic carbocycles. The average Bonchev–Trinajstić information content (AvgIpc) is 2.30. The lowest BCUT2D eigenvalue weighted by Gasteiger charge is -2.30. The maximum atomic E-state index is 12.5. The summed E-state index contributed by atoms with van der Waals surface area (Å²) in [5, 5.41) is 0. The Labute approximate surface area is 94.0 Å². The van der Waals surface area contributed by atoms with Crippen molar-refractivity contribution in [2.75, 3.05) is 23.7 Å². The fourth-order valence-corrected chi connectivity index (χ4v) is 2.13. The number of nitrogen functional groups attached to an aromatic ring is 1. The maximum absolute atomic E-state index is 12.5. The fraction of sp³-hybridized carbons (Fsp3) is 0.500. The van der Waals surface area contributed by atoms with Crippen molar-refractivity contribution in [3.63, 3.8) is 0 Å². The number of hydrogen-bond acceptors (Lipinski definition) is 2. The Hall–Kier alpha value is -1.32. The highest BCUT2D eigenvalue weighted by Crippen LogP contribution is 2.30. The van der Waals surface area contributed by atoms with Crippen molar-refractivity contribution in [1.29, 1.82) is 0 Å². The standard InChI is InChI=1S/C12H16F2N2/c13-12(14)9-4-5-11(10(15)8-9)16-6-2-1-3-7-16/h4-5,8,12H,1-3,6-7,15H2. The third kappa shape index (κ3) is 2.26. The highest BCUT2D eigenvalue weighted by Gasteiger charge is 2.15. The number of nitrogens with zero attached hydrogens (tertiary/aromatic N) is 1. The molecule has 0 radical (unpaired) electrons. The smallest absolute Gasteiger partial charge is 0.263 e. The minimum absolute atomic E-state index is 0.00161. The van der Waals surface area contributed by atoms with Gasteiger partial charge in [0.05, 0.1) is 11.4 Å². The predicted molar refractivity (Wildman–Crippen MR) is 61.9 cm³/mol. The molecule has 0 atom stereocenters. The number of halogens is 2. The van der Waals surface area contributed by atoms with Crippen molar-refractivity contribution in [3.05, 3.63) is 23.8 Å². The second-order valence-corrected chi connectivity index (χ2v) is 4.17. The first-order valence-corrected chi connectivity index (χ1v) is 5.61. The van der Waals surface area contributed by atoms with Crippen LogP contribution in [0.25, 0.3) is 0 Å². The minimum Gasteiger partial charge on any atom is -0.397 e. The SMILES string of the molecule is Nc1cc(C(F)F)ccc1N1CCCCC1. The topological polar surface area (TPSA) is 29.3 Å². The lowest BCUT2D eigenvalue weighted by Crippen LogP contribution is -2.30. The van der Waals surface area contributed by atoms with E-state index in [1.165, 1.54) is 18.6 Å². The molecule has 0 unspecified atom stereocenters. The summed E-state index contributed by atoms with van der Waals surface area (Å²) in [5.74, 6) is 0. The zero-order valence-corrected chi connectivity index (χ0v) is 9.13. The van der Waals surface area contributed by atoms with E-state index in [0.717, 1.165) is 31.6 Å². The molecule has 0 aromatic heterocycles. The Morgan fingerprint density at radius 3 is 2.38 bits per heavy atom. The van der Waals surface area contributed by atoms with Crippen LogP contribution in [0.4, 0.5) is 20.2 Å². The predicted octanol–water partition coefficient (Wildman–Crippen LogP) is 3.20. The Morgan fingerprint density at radius 2 is 1.81 bits per heavy atom. The molecule has 1 aliphatic rings. The van der Waals surface area contributed by atoms with Crippen LogP contribution in [-0.2, 0) is 0 Å². The zero-order chi connectivity index (χ0) is 11.5. The summed E-state index contributed by atoms with van der Waals surface area (Å²) in [6.07, 6.45) is 1.09. The van der Waals surface area contributed by atoms with E-state index < -0.39 is 6.43 Å². The largest absolute Gasteiger partial charge is 0.397 e. The number of benzene rings is 1. The summed E-state index contributed by atoms with van der Waals surface area (Å²) in [4.78, 5) is 2.17. The van der Waals surface area contributed by atoms with Crippen molar-refractivity contribution in [1.82, 2.24) is 0 Å². The second-order valence-electron chi connectivity index (χ2n) is 4.17. The van der Waals surface area contributed by atoms with E-state index in [9.17, 15) is 8.78 Å². The molecule has 0 amide bonds. The van der Waals surface area contributed by atoms with E-state index in [-0.39, 0.29) is 5.56 Å². The summed E-state index contributed by atoms with van der Waals surface area (Å²) >= 11 is 0. The minimum atomic E-state index is -2.45. The number of rotatable bonds is 2. The molecule has 1 saturated heterocycles. The van der Waals surface area contributed by atoms with Crippen LogP contribution in [0.3, 0.4) is 0 Å². The van der Waals surface area contributed by atoms with Crippen LogP contribution >= 0.6 is 0 Å². The number of hydrogen-bond donors (Lipinski definition) is 1. The first kappa shape index (κ1) is 11.2. The van der Waals surface area contributed by atoms with Crippen molar-refractivity contribution < 1.29 is 8.78 Å². The van der Waals surface area contributed by atoms with Gasteiger partial charge in [0.2, 0.25) is 0 Å². The van der Waals surface area contributed by atoms with Gasteiger partial charge in [-0.1, -0.05) is 6.07 Å². The first-order chi connectivity index (χ1) is 7.68. The monoisotopic (exact) mass is 226 g/mol. The molecule has 2 N–H and O–H groups in total. The molecule has 16 heavy (non-hydrogen) atoms. The average molecular weight is 226 g/mol. The summed E-state index contributed by atoms with van der Waals surface area (Å²) in [6, 6.07) is 4.56. The van der Waals surface area contributed by atoms with Crippen LogP contribution in [0.1, 0.15) is 31.3 Å². The number of anilines is 2. The van der Waals surface area contributed by atoms with Crippen molar-refractivity contribution in [2.45, 2.75) is 25.7 Å². The van der Waals surface area contributed by atoms with Gasteiger partial charge in [-0.25, -0.2) is 8.78 Å². The van der Waals surface area contributed by atoms with Gasteiger partial charge in [0.1, 0.15) is 0 Å². The van der Waals surface area contributed by atoms with Gasteiger partial charge < -0.3 is 10.6 Å². The Kier molecular flexibility index (Phi) is 3.27. The lowest BCUT2D eigenvalue weighted by molar-refractivity contribution is 0.151. The third-order valence-electron chi connectivity index (χ3n) is 3.00. The quantitative estimate of drug-likeness (QED) is 0.785. The van der Waals surface area contributed by atoms with Crippen LogP contribution in [0, 0.1) is 0 Å². The highest BCUT2D eigenvalue weighted by molar-refractivity contribution is 5.68. The Balaban J connectivity index is 2.21. The molecule has 1 fully saturated rings. The van der Waals surface area contributed by atoms with Gasteiger partial charge in [0, 0.05) is 18.7 Å². The van der Waals surface area contributed by atoms with Crippen LogP contribution in [0.15, 0.2) is 18.2 Å². The molecule has 88 valence electrons. The van der Waals surface area contributed by atoms with Gasteiger partial charge in [0.15, 0.2) is 0 Å². The number of piperidine rings is 1. The van der Waals surface area contributed by atoms with E-state index in [0.29, 0.717) is 5.69 Å². The number of alkyl halides is 2. The van der Waals surface area contributed by atoms with Crippen molar-refractivity contribution >= 4 is 11.4 Å². The van der Waals surface area contributed by atoms with E-state index in [1.807, 2.05) is 0 Å². The van der Waals surface area contributed by atoms with E-state index in [2.05, 4.69) is 4.90 Å². The normalized spacial score (nSPS) is 16.8. The van der Waals surface area contributed by atoms with Gasteiger partial charge in [-0.05, 0) is 31.4 Å². The third-order valence-corrected chi connectivity index (χ3v) is 3.00. The van der Waals surface area contributed by atoms with E-state index in [4.69, 9.17) is 5.73 Å². The molecule has 0 saturated carbocycles. The molecule has 1 aliphatic heterocycles. The lowest BCUT2D eigenvalue weighted by atomic mass is 10.1.